The first-order chi connectivity index (χ1) is 14.4. The summed E-state index contributed by atoms with van der Waals surface area (Å²) >= 11 is 0. The third-order valence-corrected chi connectivity index (χ3v) is 5.54. The van der Waals surface area contributed by atoms with Crippen LogP contribution in [0.4, 0.5) is 17.6 Å². The Kier molecular flexibility index (Phi) is 7.98. The summed E-state index contributed by atoms with van der Waals surface area (Å²) in [6, 6.07) is 7.41. The van der Waals surface area contributed by atoms with E-state index in [1.165, 1.54) is 25.1 Å². The van der Waals surface area contributed by atoms with E-state index in [-0.39, 0.29) is 12.3 Å². The summed E-state index contributed by atoms with van der Waals surface area (Å²) in [6.45, 7) is 0.444. The molecule has 2 rings (SSSR count). The van der Waals surface area contributed by atoms with E-state index >= 15 is 0 Å². The molecule has 0 fully saturated rings. The number of alkyl halides is 3. The molecule has 0 bridgehead atoms. The second-order valence-corrected chi connectivity index (χ2v) is 8.19. The predicted octanol–water partition coefficient (Wildman–Crippen LogP) is 2.07. The Morgan fingerprint density at radius 3 is 2.48 bits per heavy atom. The number of aliphatic hydroxyl groups is 1. The highest BCUT2D eigenvalue weighted by Gasteiger charge is 2.30. The lowest BCUT2D eigenvalue weighted by molar-refractivity contribution is -0.137. The number of carbonyl (C=O) groups excluding carboxylic acids is 1. The van der Waals surface area contributed by atoms with E-state index < -0.39 is 57.1 Å². The SMILES string of the molecule is C[C@H](NS(=O)(=O)c1ccccc1F)C(=O)NCC(O)COc1cccc(C(F)(F)F)c1. The highest BCUT2D eigenvalue weighted by Crippen LogP contribution is 2.31. The Labute approximate surface area is 176 Å². The molecule has 0 aliphatic heterocycles. The molecule has 0 aromatic heterocycles. The van der Waals surface area contributed by atoms with Crippen LogP contribution in [-0.4, -0.2) is 44.7 Å². The fraction of sp³-hybridized carbons (Fsp3) is 0.316. The molecular formula is C19H20F4N2O5S. The molecule has 0 spiro atoms. The fourth-order valence-electron chi connectivity index (χ4n) is 2.40. The highest BCUT2D eigenvalue weighted by molar-refractivity contribution is 7.89. The third kappa shape index (κ3) is 7.19. The van der Waals surface area contributed by atoms with Gasteiger partial charge in [-0.15, -0.1) is 0 Å². The van der Waals surface area contributed by atoms with Gasteiger partial charge >= 0.3 is 6.18 Å². The minimum Gasteiger partial charge on any atom is -0.491 e. The number of sulfonamides is 1. The van der Waals surface area contributed by atoms with Crippen molar-refractivity contribution in [3.8, 4) is 5.75 Å². The molecule has 3 N–H and O–H groups in total. The first-order valence-corrected chi connectivity index (χ1v) is 10.4. The van der Waals surface area contributed by atoms with Crippen LogP contribution in [-0.2, 0) is 21.0 Å². The largest absolute Gasteiger partial charge is 0.491 e. The van der Waals surface area contributed by atoms with Crippen LogP contribution in [0.2, 0.25) is 0 Å². The van der Waals surface area contributed by atoms with Crippen molar-refractivity contribution in [2.24, 2.45) is 0 Å². The third-order valence-electron chi connectivity index (χ3n) is 3.97. The van der Waals surface area contributed by atoms with Crippen molar-refractivity contribution in [1.29, 1.82) is 0 Å². The van der Waals surface area contributed by atoms with Crippen molar-refractivity contribution in [1.82, 2.24) is 10.0 Å². The number of benzene rings is 2. The lowest BCUT2D eigenvalue weighted by atomic mass is 10.2. The zero-order chi connectivity index (χ0) is 23.2. The average molecular weight is 464 g/mol. The van der Waals surface area contributed by atoms with Crippen LogP contribution in [0.3, 0.4) is 0 Å². The first-order valence-electron chi connectivity index (χ1n) is 8.93. The van der Waals surface area contributed by atoms with Gasteiger partial charge in [-0.05, 0) is 37.3 Å². The van der Waals surface area contributed by atoms with Crippen LogP contribution in [0.15, 0.2) is 53.4 Å². The second-order valence-electron chi connectivity index (χ2n) is 6.51. The van der Waals surface area contributed by atoms with E-state index in [0.717, 1.165) is 30.3 Å². The van der Waals surface area contributed by atoms with Gasteiger partial charge in [-0.25, -0.2) is 12.8 Å². The standard InChI is InChI=1S/C19H20F4N2O5S/c1-12(25-31(28,29)17-8-3-2-7-16(17)20)18(27)24-10-14(26)11-30-15-6-4-5-13(9-15)19(21,22)23/h2-9,12,14,25-26H,10-11H2,1H3,(H,24,27)/t12-,14?/m0/s1. The van der Waals surface area contributed by atoms with Crippen molar-refractivity contribution >= 4 is 15.9 Å². The molecule has 2 aromatic rings. The summed E-state index contributed by atoms with van der Waals surface area (Å²) in [6.07, 6.45) is -5.83. The number of hydrogen-bond acceptors (Lipinski definition) is 5. The van der Waals surface area contributed by atoms with Gasteiger partial charge in [0.15, 0.2) is 0 Å². The fourth-order valence-corrected chi connectivity index (χ4v) is 3.68. The quantitative estimate of drug-likeness (QED) is 0.493. The number of amides is 1. The summed E-state index contributed by atoms with van der Waals surface area (Å²) in [5.41, 5.74) is -0.913. The van der Waals surface area contributed by atoms with Gasteiger partial charge < -0.3 is 15.2 Å². The van der Waals surface area contributed by atoms with Gasteiger partial charge in [0.25, 0.3) is 0 Å². The Morgan fingerprint density at radius 2 is 1.84 bits per heavy atom. The smallest absolute Gasteiger partial charge is 0.416 e. The van der Waals surface area contributed by atoms with Gasteiger partial charge in [0.2, 0.25) is 15.9 Å². The lowest BCUT2D eigenvalue weighted by Gasteiger charge is -2.17. The van der Waals surface area contributed by atoms with Crippen LogP contribution in [0.1, 0.15) is 12.5 Å². The van der Waals surface area contributed by atoms with Gasteiger partial charge in [0.1, 0.15) is 29.2 Å². The zero-order valence-corrected chi connectivity index (χ0v) is 17.0. The maximum atomic E-state index is 13.7. The number of hydrogen-bond donors (Lipinski definition) is 3. The van der Waals surface area contributed by atoms with Gasteiger partial charge in [0.05, 0.1) is 11.6 Å². The molecule has 12 heteroatoms. The number of halogens is 4. The van der Waals surface area contributed by atoms with Gasteiger partial charge in [0, 0.05) is 6.54 Å². The minimum atomic E-state index is -4.54. The molecule has 0 saturated heterocycles. The maximum absolute atomic E-state index is 13.7. The van der Waals surface area contributed by atoms with Gasteiger partial charge in [-0.1, -0.05) is 18.2 Å². The number of carbonyl (C=O) groups is 1. The number of ether oxygens (including phenoxy) is 1. The molecule has 0 aliphatic carbocycles. The van der Waals surface area contributed by atoms with Crippen molar-refractivity contribution in [2.45, 2.75) is 30.1 Å². The van der Waals surface area contributed by atoms with Crippen LogP contribution < -0.4 is 14.8 Å². The second kappa shape index (κ2) is 10.1. The molecule has 0 radical (unpaired) electrons. The monoisotopic (exact) mass is 464 g/mol. The summed E-state index contributed by atoms with van der Waals surface area (Å²) in [5, 5.41) is 12.1. The van der Waals surface area contributed by atoms with E-state index in [2.05, 4.69) is 5.32 Å². The van der Waals surface area contributed by atoms with Crippen molar-refractivity contribution in [3.05, 3.63) is 59.9 Å². The topological polar surface area (TPSA) is 105 Å². The molecule has 2 atom stereocenters. The molecule has 0 aliphatic rings. The Morgan fingerprint density at radius 1 is 1.16 bits per heavy atom. The van der Waals surface area contributed by atoms with Crippen molar-refractivity contribution < 1.29 is 40.6 Å². The zero-order valence-electron chi connectivity index (χ0n) is 16.2. The molecule has 7 nitrogen and oxygen atoms in total. The van der Waals surface area contributed by atoms with Crippen LogP contribution in [0, 0.1) is 5.82 Å². The van der Waals surface area contributed by atoms with E-state index in [9.17, 15) is 35.9 Å². The van der Waals surface area contributed by atoms with Crippen molar-refractivity contribution in [2.75, 3.05) is 13.2 Å². The Balaban J connectivity index is 1.84. The van der Waals surface area contributed by atoms with Crippen LogP contribution >= 0.6 is 0 Å². The Hall–Kier alpha value is -2.70. The predicted molar refractivity (Wildman–Crippen MR) is 102 cm³/mol. The minimum absolute atomic E-state index is 0.119. The summed E-state index contributed by atoms with van der Waals surface area (Å²) in [4.78, 5) is 11.4. The molecule has 31 heavy (non-hydrogen) atoms. The van der Waals surface area contributed by atoms with Gasteiger partial charge in [-0.3, -0.25) is 4.79 Å². The summed E-state index contributed by atoms with van der Waals surface area (Å²) in [7, 11) is -4.30. The molecule has 1 unspecified atom stereocenters. The van der Waals surface area contributed by atoms with E-state index in [1.807, 2.05) is 4.72 Å². The Bertz CT molecular complexity index is 1010. The normalized spacial score (nSPS) is 14.0. The number of aliphatic hydroxyl groups excluding tert-OH is 1. The van der Waals surface area contributed by atoms with E-state index in [1.54, 1.807) is 0 Å². The molecule has 1 amide bonds. The molecule has 0 saturated carbocycles. The van der Waals surface area contributed by atoms with Crippen molar-refractivity contribution in [3.63, 3.8) is 0 Å². The highest BCUT2D eigenvalue weighted by atomic mass is 32.2. The van der Waals surface area contributed by atoms with Crippen LogP contribution in [0.5, 0.6) is 5.75 Å². The van der Waals surface area contributed by atoms with Crippen LogP contribution in [0.25, 0.3) is 0 Å². The van der Waals surface area contributed by atoms with Gasteiger partial charge in [-0.2, -0.15) is 17.9 Å². The average Bonchev–Trinajstić information content (AvgIpc) is 2.69. The number of nitrogens with one attached hydrogen (secondary N) is 2. The number of rotatable bonds is 9. The molecular weight excluding hydrogens is 444 g/mol. The first kappa shape index (κ1) is 24.6. The maximum Gasteiger partial charge on any atom is 0.416 e. The van der Waals surface area contributed by atoms with E-state index in [4.69, 9.17) is 4.74 Å². The molecule has 2 aromatic carbocycles. The summed E-state index contributed by atoms with van der Waals surface area (Å²) < 4.78 is 83.2. The molecule has 0 heterocycles. The molecule has 170 valence electrons. The lowest BCUT2D eigenvalue weighted by Crippen LogP contribution is -2.47. The van der Waals surface area contributed by atoms with E-state index in [0.29, 0.717) is 0 Å². The summed E-state index contributed by atoms with van der Waals surface area (Å²) in [5.74, 6) is -1.91.